The molecule has 0 radical (unpaired) electrons. The van der Waals surface area contributed by atoms with Gasteiger partial charge in [0.15, 0.2) is 5.16 Å². The Morgan fingerprint density at radius 2 is 1.69 bits per heavy atom. The van der Waals surface area contributed by atoms with Gasteiger partial charge in [0, 0.05) is 37.9 Å². The topological polar surface area (TPSA) is 102 Å². The number of nitro groups is 1. The lowest BCUT2D eigenvalue weighted by Crippen LogP contribution is -2.50. The van der Waals surface area contributed by atoms with E-state index in [0.29, 0.717) is 47.6 Å². The lowest BCUT2D eigenvalue weighted by Gasteiger charge is -2.34. The number of carbonyl (C=O) groups is 2. The molecular weight excluding hydrogens is 457 g/mol. The van der Waals surface area contributed by atoms with Gasteiger partial charge in [0.2, 0.25) is 0 Å². The number of thiophene rings is 1. The monoisotopic (exact) mass is 475 g/mol. The van der Waals surface area contributed by atoms with E-state index >= 15 is 0 Å². The normalized spacial score (nSPS) is 13.9. The molecule has 1 fully saturated rings. The van der Waals surface area contributed by atoms with E-state index in [-0.39, 0.29) is 22.6 Å². The summed E-state index contributed by atoms with van der Waals surface area (Å²) in [5, 5.41) is 11.4. The van der Waals surface area contributed by atoms with Gasteiger partial charge in [0.1, 0.15) is 11.5 Å². The van der Waals surface area contributed by atoms with Crippen molar-refractivity contribution in [2.24, 2.45) is 0 Å². The number of nitrogens with zero attached hydrogens (tertiary/aromatic N) is 5. The van der Waals surface area contributed by atoms with Gasteiger partial charge in [-0.2, -0.15) is 0 Å². The molecule has 0 atom stereocenters. The summed E-state index contributed by atoms with van der Waals surface area (Å²) in [4.78, 5) is 44.1. The number of halogens is 1. The Balaban J connectivity index is 1.48. The van der Waals surface area contributed by atoms with Gasteiger partial charge in [-0.3, -0.25) is 24.3 Å². The summed E-state index contributed by atoms with van der Waals surface area (Å²) in [5.74, 6) is -0.887. The van der Waals surface area contributed by atoms with Gasteiger partial charge in [0.05, 0.1) is 16.0 Å². The number of piperazine rings is 1. The molecule has 0 N–H and O–H groups in total. The Kier molecular flexibility index (Phi) is 6.24. The molecule has 0 saturated carbocycles. The van der Waals surface area contributed by atoms with E-state index < -0.39 is 4.92 Å². The third kappa shape index (κ3) is 4.23. The molecule has 2 aromatic heterocycles. The standard InChI is InChI=1S/C20H18FN5O4S2/c1-31-20-22-12-15(25(20)14-4-2-13(21)3-5-14)18(27)23-8-10-24(11-9-23)19(28)16-6-7-17(32-16)26(29)30/h2-7,12H,8-11H2,1H3. The zero-order chi connectivity index (χ0) is 22.8. The van der Waals surface area contributed by atoms with Crippen molar-refractivity contribution in [3.8, 4) is 5.69 Å². The number of thioether (sulfide) groups is 1. The van der Waals surface area contributed by atoms with Crippen LogP contribution in [-0.4, -0.2) is 68.5 Å². The van der Waals surface area contributed by atoms with Gasteiger partial charge in [0.25, 0.3) is 11.8 Å². The molecule has 0 spiro atoms. The van der Waals surface area contributed by atoms with Crippen molar-refractivity contribution >= 4 is 39.9 Å². The van der Waals surface area contributed by atoms with Gasteiger partial charge in [-0.15, -0.1) is 0 Å². The van der Waals surface area contributed by atoms with E-state index in [4.69, 9.17) is 0 Å². The Morgan fingerprint density at radius 3 is 2.25 bits per heavy atom. The van der Waals surface area contributed by atoms with E-state index in [1.54, 1.807) is 26.5 Å². The van der Waals surface area contributed by atoms with Crippen molar-refractivity contribution in [1.82, 2.24) is 19.4 Å². The third-order valence-corrected chi connectivity index (χ3v) is 6.73. The van der Waals surface area contributed by atoms with Crippen LogP contribution in [0.15, 0.2) is 47.8 Å². The van der Waals surface area contributed by atoms with Crippen LogP contribution >= 0.6 is 23.1 Å². The molecule has 3 heterocycles. The summed E-state index contributed by atoms with van der Waals surface area (Å²) in [6.07, 6.45) is 3.34. The van der Waals surface area contributed by atoms with E-state index in [1.807, 2.05) is 6.26 Å². The first kappa shape index (κ1) is 22.0. The Hall–Kier alpha value is -3.25. The highest BCUT2D eigenvalue weighted by atomic mass is 32.2. The molecule has 4 rings (SSSR count). The van der Waals surface area contributed by atoms with Crippen LogP contribution in [0, 0.1) is 15.9 Å². The average Bonchev–Trinajstić information content (AvgIpc) is 3.46. The van der Waals surface area contributed by atoms with Crippen molar-refractivity contribution in [3.63, 3.8) is 0 Å². The van der Waals surface area contributed by atoms with Crippen molar-refractivity contribution in [3.05, 3.63) is 69.1 Å². The number of aromatic nitrogens is 2. The summed E-state index contributed by atoms with van der Waals surface area (Å²) in [6, 6.07) is 8.60. The molecule has 1 aliphatic rings. The third-order valence-electron chi connectivity index (χ3n) is 5.05. The minimum Gasteiger partial charge on any atom is -0.334 e. The number of benzene rings is 1. The molecule has 1 saturated heterocycles. The lowest BCUT2D eigenvalue weighted by atomic mass is 10.2. The average molecular weight is 476 g/mol. The van der Waals surface area contributed by atoms with Gasteiger partial charge < -0.3 is 9.80 Å². The largest absolute Gasteiger partial charge is 0.334 e. The molecule has 32 heavy (non-hydrogen) atoms. The SMILES string of the molecule is CSc1ncc(C(=O)N2CCN(C(=O)c3ccc([N+](=O)[O-])s3)CC2)n1-c1ccc(F)cc1. The first-order chi connectivity index (χ1) is 15.4. The minimum absolute atomic E-state index is 0.0826. The van der Waals surface area contributed by atoms with Gasteiger partial charge >= 0.3 is 5.00 Å². The summed E-state index contributed by atoms with van der Waals surface area (Å²) in [6.45, 7) is 1.27. The molecule has 166 valence electrons. The minimum atomic E-state index is -0.523. The molecule has 9 nitrogen and oxygen atoms in total. The van der Waals surface area contributed by atoms with E-state index in [9.17, 15) is 24.1 Å². The highest BCUT2D eigenvalue weighted by molar-refractivity contribution is 7.98. The maximum atomic E-state index is 13.4. The van der Waals surface area contributed by atoms with Gasteiger partial charge in [-0.05, 0) is 36.6 Å². The van der Waals surface area contributed by atoms with E-state index in [2.05, 4.69) is 4.98 Å². The molecule has 2 amide bonds. The van der Waals surface area contributed by atoms with E-state index in [0.717, 1.165) is 11.3 Å². The van der Waals surface area contributed by atoms with Crippen molar-refractivity contribution < 1.29 is 18.9 Å². The number of rotatable bonds is 5. The first-order valence-electron chi connectivity index (χ1n) is 9.59. The predicted octanol–water partition coefficient (Wildman–Crippen LogP) is 3.30. The fourth-order valence-electron chi connectivity index (χ4n) is 3.44. The molecule has 0 aliphatic carbocycles. The van der Waals surface area contributed by atoms with Crippen molar-refractivity contribution in [2.45, 2.75) is 5.16 Å². The Bertz CT molecular complexity index is 1170. The maximum absolute atomic E-state index is 13.4. The van der Waals surface area contributed by atoms with Crippen LogP contribution in [0.2, 0.25) is 0 Å². The Labute approximate surface area is 190 Å². The van der Waals surface area contributed by atoms with Crippen LogP contribution in [0.1, 0.15) is 20.2 Å². The summed E-state index contributed by atoms with van der Waals surface area (Å²) in [5.41, 5.74) is 0.985. The first-order valence-corrected chi connectivity index (χ1v) is 11.6. The van der Waals surface area contributed by atoms with Crippen LogP contribution in [0.5, 0.6) is 0 Å². The molecule has 0 bridgehead atoms. The fraction of sp³-hybridized carbons (Fsp3) is 0.250. The zero-order valence-corrected chi connectivity index (χ0v) is 18.6. The molecular formula is C20H18FN5O4S2. The second-order valence-corrected chi connectivity index (χ2v) is 8.76. The smallest absolute Gasteiger partial charge is 0.324 e. The summed E-state index contributed by atoms with van der Waals surface area (Å²) < 4.78 is 15.0. The summed E-state index contributed by atoms with van der Waals surface area (Å²) >= 11 is 2.21. The molecule has 1 aliphatic heterocycles. The molecule has 12 heteroatoms. The molecule has 0 unspecified atom stereocenters. The number of carbonyl (C=O) groups excluding carboxylic acids is 2. The van der Waals surface area contributed by atoms with Crippen LogP contribution in [0.3, 0.4) is 0 Å². The van der Waals surface area contributed by atoms with Crippen molar-refractivity contribution in [1.29, 1.82) is 0 Å². The predicted molar refractivity (Wildman–Crippen MR) is 118 cm³/mol. The highest BCUT2D eigenvalue weighted by Gasteiger charge is 2.29. The number of hydrogen-bond donors (Lipinski definition) is 0. The summed E-state index contributed by atoms with van der Waals surface area (Å²) in [7, 11) is 0. The van der Waals surface area contributed by atoms with Gasteiger partial charge in [-0.25, -0.2) is 9.37 Å². The number of hydrogen-bond acceptors (Lipinski definition) is 7. The second kappa shape index (κ2) is 9.09. The number of imidazole rings is 1. The van der Waals surface area contributed by atoms with Crippen molar-refractivity contribution in [2.75, 3.05) is 32.4 Å². The van der Waals surface area contributed by atoms with E-state index in [1.165, 1.54) is 42.2 Å². The van der Waals surface area contributed by atoms with Crippen LogP contribution in [-0.2, 0) is 0 Å². The Morgan fingerprint density at radius 1 is 1.06 bits per heavy atom. The fourth-order valence-corrected chi connectivity index (χ4v) is 4.77. The lowest BCUT2D eigenvalue weighted by molar-refractivity contribution is -0.380. The maximum Gasteiger partial charge on any atom is 0.324 e. The van der Waals surface area contributed by atoms with Crippen LogP contribution in [0.25, 0.3) is 5.69 Å². The quantitative estimate of drug-likeness (QED) is 0.319. The van der Waals surface area contributed by atoms with Gasteiger partial charge in [-0.1, -0.05) is 23.1 Å². The van der Waals surface area contributed by atoms with Crippen LogP contribution in [0.4, 0.5) is 9.39 Å². The highest BCUT2D eigenvalue weighted by Crippen LogP contribution is 2.26. The van der Waals surface area contributed by atoms with Crippen LogP contribution < -0.4 is 0 Å². The second-order valence-electron chi connectivity index (χ2n) is 6.92. The number of amides is 2. The molecule has 3 aromatic rings. The molecule has 1 aromatic carbocycles. The zero-order valence-electron chi connectivity index (χ0n) is 16.9.